The van der Waals surface area contributed by atoms with Crippen molar-refractivity contribution in [2.45, 2.75) is 81.9 Å². The minimum Gasteiger partial charge on any atom is -0.378 e. The summed E-state index contributed by atoms with van der Waals surface area (Å²) in [6.45, 7) is 0.0555. The Kier molecular flexibility index (Phi) is 11.0. The van der Waals surface area contributed by atoms with E-state index in [4.69, 9.17) is 43.6 Å². The first-order valence-corrected chi connectivity index (χ1v) is 14.9. The summed E-state index contributed by atoms with van der Waals surface area (Å²) in [5.41, 5.74) is 8.40. The smallest absolute Gasteiger partial charge is 0.272 e. The third-order valence-electron chi connectivity index (χ3n) is 7.51. The molecule has 1 amide bonds. The van der Waals surface area contributed by atoms with Gasteiger partial charge in [-0.25, -0.2) is 27.5 Å². The number of benzene rings is 2. The zero-order chi connectivity index (χ0) is 31.2. The van der Waals surface area contributed by atoms with Gasteiger partial charge in [0.15, 0.2) is 5.69 Å². The average molecular weight is 642 g/mol. The molecule has 5 rings (SSSR count). The van der Waals surface area contributed by atoms with Gasteiger partial charge in [0.05, 0.1) is 23.7 Å². The normalized spacial score (nSPS) is 18.4. The minimum absolute atomic E-state index is 0.0182. The van der Waals surface area contributed by atoms with Crippen LogP contribution < -0.4 is 11.1 Å². The van der Waals surface area contributed by atoms with Crippen LogP contribution in [0.4, 0.5) is 17.6 Å². The number of carbonyl (C=O) groups is 1. The number of ether oxygens (including phenoxy) is 1. The second-order valence-corrected chi connectivity index (χ2v) is 11.8. The van der Waals surface area contributed by atoms with Gasteiger partial charge in [-0.05, 0) is 49.9 Å². The molecule has 0 atom stereocenters. The monoisotopic (exact) mass is 640 g/mol. The maximum atomic E-state index is 13.5. The van der Waals surface area contributed by atoms with Crippen LogP contribution in [0.15, 0.2) is 48.5 Å². The Bertz CT molecular complexity index is 1370. The second-order valence-electron chi connectivity index (χ2n) is 11.0. The molecule has 0 aliphatic heterocycles. The number of halogens is 6. The van der Waals surface area contributed by atoms with Crippen LogP contribution in [0.3, 0.4) is 0 Å². The molecule has 0 unspecified atom stereocenters. The summed E-state index contributed by atoms with van der Waals surface area (Å²) in [5.74, 6) is -5.56. The number of alkyl halides is 4. The van der Waals surface area contributed by atoms with E-state index in [9.17, 15) is 22.4 Å². The minimum atomic E-state index is -2.68. The molecule has 12 heteroatoms. The van der Waals surface area contributed by atoms with E-state index in [1.54, 1.807) is 36.4 Å². The third kappa shape index (κ3) is 9.35. The van der Waals surface area contributed by atoms with E-state index in [0.29, 0.717) is 40.0 Å². The van der Waals surface area contributed by atoms with Gasteiger partial charge in [0.2, 0.25) is 11.8 Å². The number of nitrogens with one attached hydrogen (secondary N) is 1. The summed E-state index contributed by atoms with van der Waals surface area (Å²) >= 11 is 12.1. The summed E-state index contributed by atoms with van der Waals surface area (Å²) < 4.78 is 57.0. The van der Waals surface area contributed by atoms with Gasteiger partial charge >= 0.3 is 0 Å². The van der Waals surface area contributed by atoms with Crippen LogP contribution in [0.1, 0.15) is 67.5 Å². The first kappa shape index (κ1) is 33.1. The number of carbonyl (C=O) groups excluding carboxylic acids is 1. The van der Waals surface area contributed by atoms with Crippen LogP contribution in [-0.2, 0) is 11.3 Å². The number of nitrogens with two attached hydrogens (primary N) is 1. The van der Waals surface area contributed by atoms with Crippen LogP contribution >= 0.6 is 23.2 Å². The number of aromatic nitrogens is 2. The SMILES string of the molecule is COCc1nc(-c2ccc(Cl)cc2)c(-c2ccc(Cl)cc2)nc1C(=O)NC1CCC(F)(F)CC1.NC1CCC(F)(F)CC1. The lowest BCUT2D eigenvalue weighted by Gasteiger charge is -2.28. The van der Waals surface area contributed by atoms with Crippen molar-refractivity contribution in [3.05, 3.63) is 70.0 Å². The fourth-order valence-corrected chi connectivity index (χ4v) is 5.26. The fraction of sp³-hybridized carbons (Fsp3) is 0.452. The van der Waals surface area contributed by atoms with Crippen molar-refractivity contribution in [2.75, 3.05) is 7.11 Å². The van der Waals surface area contributed by atoms with Crippen LogP contribution in [0.5, 0.6) is 0 Å². The van der Waals surface area contributed by atoms with Crippen LogP contribution in [0.25, 0.3) is 22.5 Å². The van der Waals surface area contributed by atoms with Gasteiger partial charge in [0, 0.05) is 66.0 Å². The van der Waals surface area contributed by atoms with Gasteiger partial charge < -0.3 is 15.8 Å². The average Bonchev–Trinajstić information content (AvgIpc) is 2.97. The molecule has 2 aromatic carbocycles. The Morgan fingerprint density at radius 3 is 1.72 bits per heavy atom. The quantitative estimate of drug-likeness (QED) is 0.266. The standard InChI is InChI=1S/C25H23Cl2F2N3O2.C6H11F2N/c1-34-14-20-23(24(33)30-19-10-12-25(28,29)13-11-19)32-22(16-4-8-18(27)9-5-16)21(31-20)15-2-6-17(26)7-3-15;7-6(8)3-1-5(9)2-4-6/h2-9,19H,10-14H2,1H3,(H,30,33);5H,1-4,9H2. The Labute approximate surface area is 258 Å². The molecule has 2 aliphatic rings. The van der Waals surface area contributed by atoms with E-state index in [1.165, 1.54) is 7.11 Å². The number of amides is 1. The summed E-state index contributed by atoms with van der Waals surface area (Å²) in [6, 6.07) is 13.9. The Morgan fingerprint density at radius 1 is 0.837 bits per heavy atom. The van der Waals surface area contributed by atoms with Crippen molar-refractivity contribution >= 4 is 29.1 Å². The zero-order valence-corrected chi connectivity index (χ0v) is 25.2. The maximum Gasteiger partial charge on any atom is 0.272 e. The summed E-state index contributed by atoms with van der Waals surface area (Å²) in [6.07, 6.45) is 0.833. The lowest BCUT2D eigenvalue weighted by atomic mass is 9.92. The molecule has 0 saturated heterocycles. The Morgan fingerprint density at radius 2 is 1.28 bits per heavy atom. The summed E-state index contributed by atoms with van der Waals surface area (Å²) in [4.78, 5) is 22.7. The van der Waals surface area contributed by atoms with Crippen LogP contribution in [0, 0.1) is 0 Å². The van der Waals surface area contributed by atoms with Crippen molar-refractivity contribution in [3.8, 4) is 22.5 Å². The van der Waals surface area contributed by atoms with Gasteiger partial charge in [-0.3, -0.25) is 4.79 Å². The number of hydrogen-bond acceptors (Lipinski definition) is 5. The zero-order valence-electron chi connectivity index (χ0n) is 23.7. The lowest BCUT2D eigenvalue weighted by molar-refractivity contribution is -0.0400. The van der Waals surface area contributed by atoms with Crippen molar-refractivity contribution in [2.24, 2.45) is 5.73 Å². The summed E-state index contributed by atoms with van der Waals surface area (Å²) in [7, 11) is 1.50. The molecule has 6 nitrogen and oxygen atoms in total. The van der Waals surface area contributed by atoms with Gasteiger partial charge in [-0.15, -0.1) is 0 Å². The van der Waals surface area contributed by atoms with Crippen LogP contribution in [0.2, 0.25) is 10.0 Å². The molecule has 3 N–H and O–H groups in total. The third-order valence-corrected chi connectivity index (χ3v) is 8.02. The van der Waals surface area contributed by atoms with Crippen molar-refractivity contribution in [3.63, 3.8) is 0 Å². The van der Waals surface area contributed by atoms with Crippen molar-refractivity contribution < 1.29 is 27.1 Å². The highest BCUT2D eigenvalue weighted by Gasteiger charge is 2.36. The lowest BCUT2D eigenvalue weighted by Crippen LogP contribution is -2.41. The molecule has 2 saturated carbocycles. The molecule has 2 fully saturated rings. The molecule has 0 bridgehead atoms. The van der Waals surface area contributed by atoms with E-state index < -0.39 is 17.8 Å². The largest absolute Gasteiger partial charge is 0.378 e. The highest BCUT2D eigenvalue weighted by Crippen LogP contribution is 2.35. The van der Waals surface area contributed by atoms with E-state index in [2.05, 4.69) is 5.32 Å². The molecule has 3 aromatic rings. The molecule has 232 valence electrons. The molecule has 1 aromatic heterocycles. The molecule has 2 aliphatic carbocycles. The Balaban J connectivity index is 0.000000403. The van der Waals surface area contributed by atoms with Crippen molar-refractivity contribution in [1.82, 2.24) is 15.3 Å². The molecule has 0 radical (unpaired) electrons. The first-order chi connectivity index (χ1) is 20.4. The van der Waals surface area contributed by atoms with E-state index in [0.717, 1.165) is 11.1 Å². The number of hydrogen-bond donors (Lipinski definition) is 2. The molecule has 0 spiro atoms. The maximum absolute atomic E-state index is 13.5. The topological polar surface area (TPSA) is 90.1 Å². The molecular formula is C31H34Cl2F4N4O2. The number of rotatable bonds is 6. The second kappa shape index (κ2) is 14.3. The highest BCUT2D eigenvalue weighted by molar-refractivity contribution is 6.31. The van der Waals surface area contributed by atoms with Gasteiger partial charge in [-0.2, -0.15) is 0 Å². The number of methoxy groups -OCH3 is 1. The molecule has 43 heavy (non-hydrogen) atoms. The van der Waals surface area contributed by atoms with Gasteiger partial charge in [-0.1, -0.05) is 47.5 Å². The van der Waals surface area contributed by atoms with Gasteiger partial charge in [0.25, 0.3) is 5.91 Å². The highest BCUT2D eigenvalue weighted by atomic mass is 35.5. The predicted octanol–water partition coefficient (Wildman–Crippen LogP) is 8.09. The van der Waals surface area contributed by atoms with Gasteiger partial charge in [0.1, 0.15) is 0 Å². The predicted molar refractivity (Wildman–Crippen MR) is 160 cm³/mol. The van der Waals surface area contributed by atoms with E-state index in [-0.39, 0.29) is 62.9 Å². The fourth-order valence-electron chi connectivity index (χ4n) is 5.01. The van der Waals surface area contributed by atoms with E-state index >= 15 is 0 Å². The Hall–Kier alpha value is -2.79. The summed E-state index contributed by atoms with van der Waals surface area (Å²) in [5, 5.41) is 4.00. The molecule has 1 heterocycles. The first-order valence-electron chi connectivity index (χ1n) is 14.1. The molecular weight excluding hydrogens is 607 g/mol. The van der Waals surface area contributed by atoms with Crippen LogP contribution in [-0.4, -0.2) is 46.9 Å². The van der Waals surface area contributed by atoms with Crippen molar-refractivity contribution in [1.29, 1.82) is 0 Å². The van der Waals surface area contributed by atoms with E-state index in [1.807, 2.05) is 12.1 Å². The number of nitrogens with zero attached hydrogens (tertiary/aromatic N) is 2.